The Hall–Kier alpha value is -1.77. The Morgan fingerprint density at radius 1 is 1.15 bits per heavy atom. The molecule has 0 aliphatic carbocycles. The lowest BCUT2D eigenvalue weighted by Crippen LogP contribution is -2.42. The highest BCUT2D eigenvalue weighted by Gasteiger charge is 2.27. The monoisotopic (exact) mass is 270 g/mol. The fourth-order valence-electron chi connectivity index (χ4n) is 3.51. The Balaban J connectivity index is 1.96. The van der Waals surface area contributed by atoms with E-state index in [0.717, 1.165) is 29.6 Å². The minimum atomic E-state index is 0.181. The molecule has 20 heavy (non-hydrogen) atoms. The Morgan fingerprint density at radius 2 is 1.80 bits per heavy atom. The lowest BCUT2D eigenvalue weighted by molar-refractivity contribution is 0.0625. The van der Waals surface area contributed by atoms with Gasteiger partial charge in [-0.1, -0.05) is 32.0 Å². The zero-order valence-corrected chi connectivity index (χ0v) is 12.5. The molecule has 3 rings (SSSR count). The lowest BCUT2D eigenvalue weighted by Gasteiger charge is -2.34. The molecule has 2 unspecified atom stereocenters. The first-order valence-electron chi connectivity index (χ1n) is 7.39. The summed E-state index contributed by atoms with van der Waals surface area (Å²) in [5, 5.41) is 1.06. The number of piperidine rings is 1. The van der Waals surface area contributed by atoms with Crippen LogP contribution >= 0.6 is 0 Å². The normalized spacial score (nSPS) is 23.2. The van der Waals surface area contributed by atoms with Gasteiger partial charge in [0.25, 0.3) is 5.91 Å². The van der Waals surface area contributed by atoms with Crippen molar-refractivity contribution >= 4 is 16.8 Å². The number of amides is 1. The average molecular weight is 270 g/mol. The van der Waals surface area contributed by atoms with Crippen LogP contribution in [-0.4, -0.2) is 28.5 Å². The first-order chi connectivity index (χ1) is 9.56. The van der Waals surface area contributed by atoms with Crippen molar-refractivity contribution in [1.82, 2.24) is 9.47 Å². The fourth-order valence-corrected chi connectivity index (χ4v) is 3.51. The van der Waals surface area contributed by atoms with Crippen LogP contribution in [0.2, 0.25) is 0 Å². The second-order valence-corrected chi connectivity index (χ2v) is 6.33. The molecular formula is C17H22N2O. The number of aryl methyl sites for hydroxylation is 1. The summed E-state index contributed by atoms with van der Waals surface area (Å²) in [6.07, 6.45) is 3.19. The molecule has 1 saturated heterocycles. The first kappa shape index (κ1) is 13.2. The predicted octanol–water partition coefficient (Wildman–Crippen LogP) is 3.30. The van der Waals surface area contributed by atoms with Gasteiger partial charge in [-0.2, -0.15) is 0 Å². The van der Waals surface area contributed by atoms with Gasteiger partial charge in [0.05, 0.1) is 5.56 Å². The van der Waals surface area contributed by atoms with Gasteiger partial charge in [0.1, 0.15) is 0 Å². The zero-order valence-electron chi connectivity index (χ0n) is 12.5. The first-order valence-corrected chi connectivity index (χ1v) is 7.39. The van der Waals surface area contributed by atoms with Crippen LogP contribution in [0.15, 0.2) is 30.5 Å². The lowest BCUT2D eigenvalue weighted by atomic mass is 9.91. The number of likely N-dealkylation sites (tertiary alicyclic amines) is 1. The van der Waals surface area contributed by atoms with Crippen molar-refractivity contribution in [2.24, 2.45) is 18.9 Å². The van der Waals surface area contributed by atoms with Gasteiger partial charge in [-0.15, -0.1) is 0 Å². The number of hydrogen-bond acceptors (Lipinski definition) is 1. The third-order valence-corrected chi connectivity index (χ3v) is 4.28. The molecule has 1 fully saturated rings. The molecule has 1 aliphatic heterocycles. The van der Waals surface area contributed by atoms with Gasteiger partial charge in [-0.25, -0.2) is 0 Å². The van der Waals surface area contributed by atoms with Crippen molar-refractivity contribution in [2.75, 3.05) is 13.1 Å². The molecule has 2 atom stereocenters. The smallest absolute Gasteiger partial charge is 0.256 e. The highest BCUT2D eigenvalue weighted by atomic mass is 16.2. The molecule has 1 aromatic heterocycles. The zero-order chi connectivity index (χ0) is 14.3. The van der Waals surface area contributed by atoms with E-state index in [9.17, 15) is 4.79 Å². The van der Waals surface area contributed by atoms with E-state index < -0.39 is 0 Å². The predicted molar refractivity (Wildman–Crippen MR) is 81.8 cm³/mol. The molecule has 1 aliphatic rings. The van der Waals surface area contributed by atoms with E-state index in [1.807, 2.05) is 40.9 Å². The highest BCUT2D eigenvalue weighted by Crippen LogP contribution is 2.26. The van der Waals surface area contributed by atoms with E-state index in [2.05, 4.69) is 19.9 Å². The maximum atomic E-state index is 12.8. The molecule has 0 N–H and O–H groups in total. The van der Waals surface area contributed by atoms with Gasteiger partial charge in [0.15, 0.2) is 0 Å². The number of hydrogen-bond donors (Lipinski definition) is 0. The summed E-state index contributed by atoms with van der Waals surface area (Å²) in [4.78, 5) is 14.9. The quantitative estimate of drug-likeness (QED) is 0.780. The van der Waals surface area contributed by atoms with Crippen molar-refractivity contribution in [1.29, 1.82) is 0 Å². The molecular weight excluding hydrogens is 248 g/mol. The summed E-state index contributed by atoms with van der Waals surface area (Å²) in [7, 11) is 2.00. The third-order valence-electron chi connectivity index (χ3n) is 4.28. The summed E-state index contributed by atoms with van der Waals surface area (Å²) in [6, 6.07) is 8.12. The summed E-state index contributed by atoms with van der Waals surface area (Å²) in [5.74, 6) is 1.37. The molecule has 0 saturated carbocycles. The average Bonchev–Trinajstić information content (AvgIpc) is 2.75. The van der Waals surface area contributed by atoms with Gasteiger partial charge in [-0.3, -0.25) is 4.79 Å². The fraction of sp³-hybridized carbons (Fsp3) is 0.471. The molecule has 2 aromatic rings. The molecule has 0 radical (unpaired) electrons. The number of benzene rings is 1. The van der Waals surface area contributed by atoms with Crippen LogP contribution in [0.3, 0.4) is 0 Å². The maximum absolute atomic E-state index is 12.8. The second kappa shape index (κ2) is 4.97. The van der Waals surface area contributed by atoms with Crippen LogP contribution in [-0.2, 0) is 7.05 Å². The summed E-state index contributed by atoms with van der Waals surface area (Å²) >= 11 is 0. The Bertz CT molecular complexity index is 633. The second-order valence-electron chi connectivity index (χ2n) is 6.33. The van der Waals surface area contributed by atoms with E-state index in [1.54, 1.807) is 0 Å². The van der Waals surface area contributed by atoms with Gasteiger partial charge < -0.3 is 9.47 Å². The minimum Gasteiger partial charge on any atom is -0.350 e. The SMILES string of the molecule is CC1CC(C)CN(C(=O)c2cn(C)c3ccccc23)C1. The maximum Gasteiger partial charge on any atom is 0.256 e. The summed E-state index contributed by atoms with van der Waals surface area (Å²) in [6.45, 7) is 6.23. The van der Waals surface area contributed by atoms with Gasteiger partial charge >= 0.3 is 0 Å². The largest absolute Gasteiger partial charge is 0.350 e. The van der Waals surface area contributed by atoms with E-state index >= 15 is 0 Å². The van der Waals surface area contributed by atoms with Crippen LogP contribution in [0.5, 0.6) is 0 Å². The Kier molecular flexibility index (Phi) is 3.28. The number of fused-ring (bicyclic) bond motifs is 1. The number of para-hydroxylation sites is 1. The highest BCUT2D eigenvalue weighted by molar-refractivity contribution is 6.07. The van der Waals surface area contributed by atoms with Crippen LogP contribution in [0.25, 0.3) is 10.9 Å². The Morgan fingerprint density at radius 3 is 2.50 bits per heavy atom. The molecule has 3 nitrogen and oxygen atoms in total. The van der Waals surface area contributed by atoms with E-state index in [-0.39, 0.29) is 5.91 Å². The van der Waals surface area contributed by atoms with Gasteiger partial charge in [-0.05, 0) is 24.3 Å². The van der Waals surface area contributed by atoms with Crippen molar-refractivity contribution < 1.29 is 4.79 Å². The van der Waals surface area contributed by atoms with Gasteiger partial charge in [0, 0.05) is 37.2 Å². The molecule has 0 bridgehead atoms. The number of carbonyl (C=O) groups is 1. The topological polar surface area (TPSA) is 25.2 Å². The van der Waals surface area contributed by atoms with E-state index in [0.29, 0.717) is 11.8 Å². The van der Waals surface area contributed by atoms with Crippen LogP contribution < -0.4 is 0 Å². The number of aromatic nitrogens is 1. The van der Waals surface area contributed by atoms with Crippen molar-refractivity contribution in [3.63, 3.8) is 0 Å². The molecule has 1 amide bonds. The molecule has 1 aromatic carbocycles. The van der Waals surface area contributed by atoms with Crippen molar-refractivity contribution in [3.05, 3.63) is 36.0 Å². The molecule has 2 heterocycles. The summed E-state index contributed by atoms with van der Waals surface area (Å²) in [5.41, 5.74) is 1.96. The molecule has 0 spiro atoms. The number of rotatable bonds is 1. The van der Waals surface area contributed by atoms with Gasteiger partial charge in [0.2, 0.25) is 0 Å². The van der Waals surface area contributed by atoms with E-state index in [1.165, 1.54) is 6.42 Å². The van der Waals surface area contributed by atoms with Crippen molar-refractivity contribution in [3.8, 4) is 0 Å². The van der Waals surface area contributed by atoms with Crippen LogP contribution in [0.1, 0.15) is 30.6 Å². The number of nitrogens with zero attached hydrogens (tertiary/aromatic N) is 2. The van der Waals surface area contributed by atoms with E-state index in [4.69, 9.17) is 0 Å². The standard InChI is InChI=1S/C17H22N2O/c1-12-8-13(2)10-19(9-12)17(20)15-11-18(3)16-7-5-4-6-14(15)16/h4-7,11-13H,8-10H2,1-3H3. The minimum absolute atomic E-state index is 0.181. The van der Waals surface area contributed by atoms with Crippen LogP contribution in [0.4, 0.5) is 0 Å². The van der Waals surface area contributed by atoms with Crippen LogP contribution in [0, 0.1) is 11.8 Å². The van der Waals surface area contributed by atoms with Crippen molar-refractivity contribution in [2.45, 2.75) is 20.3 Å². The third kappa shape index (κ3) is 2.21. The Labute approximate surface area is 120 Å². The summed E-state index contributed by atoms with van der Waals surface area (Å²) < 4.78 is 2.04. The number of carbonyl (C=O) groups excluding carboxylic acids is 1. The molecule has 3 heteroatoms. The molecule has 106 valence electrons.